The fourth-order valence-corrected chi connectivity index (χ4v) is 5.71. The Morgan fingerprint density at radius 1 is 1.21 bits per heavy atom. The molecule has 3 N–H and O–H groups in total. The summed E-state index contributed by atoms with van der Waals surface area (Å²) in [7, 11) is 0. The number of rotatable bonds is 13. The molecule has 11 heteroatoms. The van der Waals surface area contributed by atoms with Crippen molar-refractivity contribution >= 4 is 29.2 Å². The molecule has 0 radical (unpaired) electrons. The number of hydrogen-bond acceptors (Lipinski definition) is 10. The molecule has 3 heterocycles. The van der Waals surface area contributed by atoms with Gasteiger partial charge in [-0.15, -0.1) is 0 Å². The summed E-state index contributed by atoms with van der Waals surface area (Å²) in [6.07, 6.45) is 7.14. The fraction of sp³-hybridized carbons (Fsp3) is 0.625. The molecule has 234 valence electrons. The number of nitrogens with zero attached hydrogens (tertiary/aromatic N) is 3. The molecule has 0 spiro atoms. The third-order valence-electron chi connectivity index (χ3n) is 8.24. The van der Waals surface area contributed by atoms with Crippen LogP contribution >= 0.6 is 11.6 Å². The van der Waals surface area contributed by atoms with Gasteiger partial charge in [-0.05, 0) is 84.4 Å². The van der Waals surface area contributed by atoms with Crippen LogP contribution in [0.2, 0.25) is 5.02 Å². The van der Waals surface area contributed by atoms with E-state index in [1.54, 1.807) is 27.0 Å². The highest BCUT2D eigenvalue weighted by Crippen LogP contribution is 2.32. The zero-order chi connectivity index (χ0) is 30.9. The molecule has 1 unspecified atom stereocenters. The molecule has 2 aliphatic rings. The summed E-state index contributed by atoms with van der Waals surface area (Å²) in [5, 5.41) is 20.9. The highest BCUT2D eigenvalue weighted by Gasteiger charge is 2.33. The van der Waals surface area contributed by atoms with Gasteiger partial charge in [0.15, 0.2) is 5.60 Å². The monoisotopic (exact) mass is 612 g/mol. The van der Waals surface area contributed by atoms with E-state index in [4.69, 9.17) is 30.8 Å². The van der Waals surface area contributed by atoms with Crippen LogP contribution < -0.4 is 16.0 Å². The number of nitriles is 1. The van der Waals surface area contributed by atoms with Gasteiger partial charge < -0.3 is 30.2 Å². The van der Waals surface area contributed by atoms with Crippen LogP contribution in [-0.2, 0) is 19.0 Å². The lowest BCUT2D eigenvalue weighted by atomic mass is 9.82. The number of aromatic nitrogens is 2. The molecule has 4 rings (SSSR count). The summed E-state index contributed by atoms with van der Waals surface area (Å²) in [6, 6.07) is 11.0. The maximum atomic E-state index is 12.1. The number of halogens is 1. The zero-order valence-corrected chi connectivity index (χ0v) is 26.5. The Bertz CT molecular complexity index is 1250. The van der Waals surface area contributed by atoms with Crippen LogP contribution in [0, 0.1) is 16.7 Å². The van der Waals surface area contributed by atoms with E-state index in [2.05, 4.69) is 33.9 Å². The fourth-order valence-electron chi connectivity index (χ4n) is 5.51. The third-order valence-corrected chi connectivity index (χ3v) is 8.54. The van der Waals surface area contributed by atoms with Crippen LogP contribution in [0.4, 0.5) is 11.6 Å². The first-order chi connectivity index (χ1) is 20.6. The molecule has 0 aromatic carbocycles. The standard InChI is InChI=1S/C32H45ClN6O4/c1-5-42-30(40)31(3,4)43-19-22(2)37-23-9-11-24(12-10-23)38-29-17-25(26(33)18-35-29)27-7-6-8-28(39-27)36-21-32(20-34)13-15-41-16-14-32/h6-8,17-18,22-24,37H,5,9-16,19,21H2,1-4H3,(H,35,38)(H,36,39)/t22?,23-,24-. The van der Waals surface area contributed by atoms with Gasteiger partial charge in [-0.2, -0.15) is 5.26 Å². The second kappa shape index (κ2) is 15.2. The van der Waals surface area contributed by atoms with E-state index in [1.165, 1.54) is 0 Å². The second-order valence-corrected chi connectivity index (χ2v) is 12.5. The number of pyridine rings is 2. The van der Waals surface area contributed by atoms with E-state index in [-0.39, 0.29) is 12.0 Å². The average molecular weight is 613 g/mol. The first-order valence-corrected chi connectivity index (χ1v) is 15.7. The Morgan fingerprint density at radius 2 is 1.93 bits per heavy atom. The predicted octanol–water partition coefficient (Wildman–Crippen LogP) is 5.59. The predicted molar refractivity (Wildman–Crippen MR) is 168 cm³/mol. The van der Waals surface area contributed by atoms with Gasteiger partial charge in [0.1, 0.15) is 11.6 Å². The van der Waals surface area contributed by atoms with Crippen molar-refractivity contribution in [3.63, 3.8) is 0 Å². The SMILES string of the molecule is CCOC(=O)C(C)(C)OCC(C)N[C@H]1CC[C@H](Nc2cc(-c3cccc(NCC4(C#N)CCOCC4)n3)c(Cl)cn2)CC1. The van der Waals surface area contributed by atoms with Crippen LogP contribution in [0.3, 0.4) is 0 Å². The molecule has 1 atom stereocenters. The van der Waals surface area contributed by atoms with Crippen molar-refractivity contribution in [3.8, 4) is 17.3 Å². The summed E-state index contributed by atoms with van der Waals surface area (Å²) in [6.45, 7) is 9.86. The van der Waals surface area contributed by atoms with E-state index < -0.39 is 11.0 Å². The molecule has 1 saturated heterocycles. The van der Waals surface area contributed by atoms with Crippen LogP contribution in [0.15, 0.2) is 30.5 Å². The molecular weight excluding hydrogens is 568 g/mol. The lowest BCUT2D eigenvalue weighted by Gasteiger charge is -2.33. The van der Waals surface area contributed by atoms with Crippen molar-refractivity contribution < 1.29 is 19.0 Å². The average Bonchev–Trinajstić information content (AvgIpc) is 3.02. The van der Waals surface area contributed by atoms with E-state index in [0.717, 1.165) is 42.8 Å². The quantitative estimate of drug-likeness (QED) is 0.246. The minimum absolute atomic E-state index is 0.114. The number of hydrogen-bond donors (Lipinski definition) is 3. The Kier molecular flexibility index (Phi) is 11.6. The highest BCUT2D eigenvalue weighted by atomic mass is 35.5. The molecule has 43 heavy (non-hydrogen) atoms. The zero-order valence-electron chi connectivity index (χ0n) is 25.7. The maximum Gasteiger partial charge on any atom is 0.337 e. The van der Waals surface area contributed by atoms with Gasteiger partial charge in [-0.1, -0.05) is 17.7 Å². The Labute approximate surface area is 260 Å². The molecular formula is C32H45ClN6O4. The first kappa shape index (κ1) is 32.9. The lowest BCUT2D eigenvalue weighted by molar-refractivity contribution is -0.168. The van der Waals surface area contributed by atoms with Gasteiger partial charge >= 0.3 is 5.97 Å². The van der Waals surface area contributed by atoms with Gasteiger partial charge in [0.05, 0.1) is 35.4 Å². The van der Waals surface area contributed by atoms with Crippen molar-refractivity contribution in [1.82, 2.24) is 15.3 Å². The molecule has 2 fully saturated rings. The van der Waals surface area contributed by atoms with Crippen molar-refractivity contribution in [1.29, 1.82) is 5.26 Å². The van der Waals surface area contributed by atoms with Crippen molar-refractivity contribution in [2.75, 3.05) is 43.6 Å². The number of carbonyl (C=O) groups excluding carboxylic acids is 1. The van der Waals surface area contributed by atoms with Crippen molar-refractivity contribution in [3.05, 3.63) is 35.5 Å². The van der Waals surface area contributed by atoms with Crippen molar-refractivity contribution in [2.24, 2.45) is 5.41 Å². The molecule has 0 bridgehead atoms. The number of nitrogens with one attached hydrogen (secondary N) is 3. The van der Waals surface area contributed by atoms with Crippen LogP contribution in [0.1, 0.15) is 66.2 Å². The van der Waals surface area contributed by atoms with E-state index >= 15 is 0 Å². The molecule has 1 aliphatic heterocycles. The van der Waals surface area contributed by atoms with E-state index in [9.17, 15) is 10.1 Å². The van der Waals surface area contributed by atoms with E-state index in [1.807, 2.05) is 24.3 Å². The summed E-state index contributed by atoms with van der Waals surface area (Å²) in [4.78, 5) is 21.4. The molecule has 10 nitrogen and oxygen atoms in total. The van der Waals surface area contributed by atoms with Gasteiger partial charge in [0.2, 0.25) is 0 Å². The summed E-state index contributed by atoms with van der Waals surface area (Å²) < 4.78 is 16.4. The van der Waals surface area contributed by atoms with Crippen LogP contribution in [0.25, 0.3) is 11.3 Å². The number of anilines is 2. The third kappa shape index (κ3) is 9.26. The van der Waals surface area contributed by atoms with Gasteiger partial charge in [0, 0.05) is 49.6 Å². The number of ether oxygens (including phenoxy) is 3. The molecule has 1 saturated carbocycles. The summed E-state index contributed by atoms with van der Waals surface area (Å²) in [5.74, 6) is 1.13. The lowest BCUT2D eigenvalue weighted by Crippen LogP contribution is -2.45. The number of esters is 1. The summed E-state index contributed by atoms with van der Waals surface area (Å²) >= 11 is 6.57. The molecule has 2 aromatic rings. The van der Waals surface area contributed by atoms with Gasteiger partial charge in [-0.25, -0.2) is 14.8 Å². The minimum Gasteiger partial charge on any atom is -0.464 e. The first-order valence-electron chi connectivity index (χ1n) is 15.3. The van der Waals surface area contributed by atoms with Crippen LogP contribution in [-0.4, -0.2) is 72.6 Å². The molecule has 1 aliphatic carbocycles. The molecule has 0 amide bonds. The Morgan fingerprint density at radius 3 is 2.63 bits per heavy atom. The highest BCUT2D eigenvalue weighted by molar-refractivity contribution is 6.33. The maximum absolute atomic E-state index is 12.1. The smallest absolute Gasteiger partial charge is 0.337 e. The number of carbonyl (C=O) groups is 1. The Hall–Kier alpha value is -2.97. The Balaban J connectivity index is 1.28. The van der Waals surface area contributed by atoms with Gasteiger partial charge in [0.25, 0.3) is 0 Å². The normalized spacial score (nSPS) is 20.9. The van der Waals surface area contributed by atoms with Crippen molar-refractivity contribution in [2.45, 2.75) is 89.9 Å². The topological polar surface area (TPSA) is 130 Å². The second-order valence-electron chi connectivity index (χ2n) is 12.1. The van der Waals surface area contributed by atoms with Crippen LogP contribution in [0.5, 0.6) is 0 Å². The van der Waals surface area contributed by atoms with Gasteiger partial charge in [-0.3, -0.25) is 0 Å². The van der Waals surface area contributed by atoms with E-state index in [0.29, 0.717) is 68.7 Å². The minimum atomic E-state index is -0.962. The largest absolute Gasteiger partial charge is 0.464 e. The summed E-state index contributed by atoms with van der Waals surface area (Å²) in [5.41, 5.74) is 0.145. The molecule has 2 aromatic heterocycles.